The van der Waals surface area contributed by atoms with Gasteiger partial charge in [-0.05, 0) is 44.9 Å². The van der Waals surface area contributed by atoms with Crippen LogP contribution < -0.4 is 4.72 Å². The van der Waals surface area contributed by atoms with Crippen LogP contribution in [0.4, 0.5) is 5.82 Å². The monoisotopic (exact) mass is 445 g/mol. The van der Waals surface area contributed by atoms with E-state index in [1.165, 1.54) is 17.5 Å². The Kier molecular flexibility index (Phi) is 5.37. The van der Waals surface area contributed by atoms with Crippen molar-refractivity contribution in [2.24, 2.45) is 7.05 Å². The van der Waals surface area contributed by atoms with Gasteiger partial charge in [0.2, 0.25) is 0 Å². The van der Waals surface area contributed by atoms with Crippen molar-refractivity contribution in [3.05, 3.63) is 46.7 Å². The molecule has 0 saturated carbocycles. The van der Waals surface area contributed by atoms with E-state index < -0.39 is 10.0 Å². The van der Waals surface area contributed by atoms with Gasteiger partial charge >= 0.3 is 0 Å². The number of carbonyl (C=O) groups excluding carboxylic acids is 1. The lowest BCUT2D eigenvalue weighted by Gasteiger charge is -2.13. The molecule has 1 fully saturated rings. The first kappa shape index (κ1) is 20.5. The number of aromatic nitrogens is 3. The van der Waals surface area contributed by atoms with E-state index in [4.69, 9.17) is 0 Å². The number of pyridine rings is 1. The lowest BCUT2D eigenvalue weighted by molar-refractivity contribution is 0.0796. The maximum absolute atomic E-state index is 12.8. The van der Waals surface area contributed by atoms with Gasteiger partial charge in [-0.1, -0.05) is 6.07 Å². The smallest absolute Gasteiger partial charge is 0.265 e. The van der Waals surface area contributed by atoms with Crippen molar-refractivity contribution in [1.29, 1.82) is 0 Å². The predicted octanol–water partition coefficient (Wildman–Crippen LogP) is 3.20. The number of likely N-dealkylation sites (tertiary alicyclic amines) is 1. The minimum absolute atomic E-state index is 0.00277. The summed E-state index contributed by atoms with van der Waals surface area (Å²) in [6.45, 7) is 5.16. The average Bonchev–Trinajstić information content (AvgIpc) is 3.40. The number of hydrogen-bond donors (Lipinski definition) is 1. The summed E-state index contributed by atoms with van der Waals surface area (Å²) in [6, 6.07) is 6.72. The zero-order valence-corrected chi connectivity index (χ0v) is 18.7. The van der Waals surface area contributed by atoms with E-state index in [0.717, 1.165) is 31.6 Å². The maximum atomic E-state index is 12.8. The Morgan fingerprint density at radius 2 is 1.90 bits per heavy atom. The Morgan fingerprint density at radius 3 is 2.60 bits per heavy atom. The summed E-state index contributed by atoms with van der Waals surface area (Å²) in [6.07, 6.45) is 3.59. The quantitative estimate of drug-likeness (QED) is 0.650. The summed E-state index contributed by atoms with van der Waals surface area (Å²) in [5, 5.41) is 0.618. The van der Waals surface area contributed by atoms with Gasteiger partial charge in [-0.15, -0.1) is 11.3 Å². The molecule has 1 amide bonds. The topological polar surface area (TPSA) is 97.2 Å². The lowest BCUT2D eigenvalue weighted by atomic mass is 10.3. The largest absolute Gasteiger partial charge is 0.347 e. The van der Waals surface area contributed by atoms with Crippen LogP contribution in [0.25, 0.3) is 10.7 Å². The second kappa shape index (κ2) is 7.84. The van der Waals surface area contributed by atoms with Gasteiger partial charge in [-0.2, -0.15) is 0 Å². The van der Waals surface area contributed by atoms with Crippen molar-refractivity contribution < 1.29 is 13.2 Å². The molecule has 4 rings (SSSR count). The highest BCUT2D eigenvalue weighted by Crippen LogP contribution is 2.32. The van der Waals surface area contributed by atoms with Crippen LogP contribution in [-0.4, -0.2) is 46.8 Å². The first-order chi connectivity index (χ1) is 14.2. The molecule has 8 nitrogen and oxygen atoms in total. The number of amides is 1. The number of hydrogen-bond acceptors (Lipinski definition) is 6. The van der Waals surface area contributed by atoms with Crippen LogP contribution in [0.5, 0.6) is 0 Å². The van der Waals surface area contributed by atoms with Gasteiger partial charge < -0.3 is 9.47 Å². The molecule has 0 spiro atoms. The second-order valence-electron chi connectivity index (χ2n) is 7.37. The van der Waals surface area contributed by atoms with Crippen LogP contribution in [0, 0.1) is 13.8 Å². The SMILES string of the molecule is Cc1cccc(NS(=O)(=O)c2cc(-c3nc(C)c(C(=O)N4CCCC4)s3)n(C)c2)n1. The molecule has 3 aromatic heterocycles. The van der Waals surface area contributed by atoms with Crippen LogP contribution in [-0.2, 0) is 17.1 Å². The molecular weight excluding hydrogens is 422 g/mol. The number of nitrogens with one attached hydrogen (secondary N) is 1. The molecule has 1 aliphatic rings. The summed E-state index contributed by atoms with van der Waals surface area (Å²) in [4.78, 5) is 24.1. The first-order valence-electron chi connectivity index (χ1n) is 9.64. The standard InChI is InChI=1S/C20H23N5O3S2/c1-13-7-6-8-17(21-13)23-30(27,28)15-11-16(24(3)12-15)19-22-14(2)18(29-19)20(26)25-9-4-5-10-25/h6-8,11-12H,4-5,9-10H2,1-3H3,(H,21,23). The Balaban J connectivity index is 1.63. The first-order valence-corrected chi connectivity index (χ1v) is 11.9. The maximum Gasteiger partial charge on any atom is 0.265 e. The van der Waals surface area contributed by atoms with Gasteiger partial charge in [0.1, 0.15) is 20.6 Å². The third-order valence-electron chi connectivity index (χ3n) is 5.02. The van der Waals surface area contributed by atoms with Gasteiger partial charge in [0, 0.05) is 32.0 Å². The molecule has 30 heavy (non-hydrogen) atoms. The van der Waals surface area contributed by atoms with E-state index in [-0.39, 0.29) is 16.6 Å². The fraction of sp³-hybridized carbons (Fsp3) is 0.350. The van der Waals surface area contributed by atoms with Crippen molar-refractivity contribution in [2.75, 3.05) is 17.8 Å². The molecule has 0 atom stereocenters. The molecule has 10 heteroatoms. The fourth-order valence-corrected chi connectivity index (χ4v) is 5.62. The Hall–Kier alpha value is -2.72. The van der Waals surface area contributed by atoms with E-state index in [0.29, 0.717) is 21.3 Å². The van der Waals surface area contributed by atoms with Crippen molar-refractivity contribution in [1.82, 2.24) is 19.4 Å². The minimum atomic E-state index is -3.80. The van der Waals surface area contributed by atoms with E-state index in [9.17, 15) is 13.2 Å². The Morgan fingerprint density at radius 1 is 1.17 bits per heavy atom. The highest BCUT2D eigenvalue weighted by atomic mass is 32.2. The lowest BCUT2D eigenvalue weighted by Crippen LogP contribution is -2.27. The summed E-state index contributed by atoms with van der Waals surface area (Å²) < 4.78 is 29.9. The molecule has 3 aromatic rings. The zero-order chi connectivity index (χ0) is 21.5. The molecule has 4 heterocycles. The molecule has 0 bridgehead atoms. The third-order valence-corrected chi connectivity index (χ3v) is 7.51. The number of aryl methyl sites for hydroxylation is 3. The molecule has 0 unspecified atom stereocenters. The van der Waals surface area contributed by atoms with Crippen LogP contribution in [0.1, 0.15) is 33.9 Å². The Bertz CT molecular complexity index is 1210. The Labute approximate surface area is 179 Å². The molecular formula is C20H23N5O3S2. The molecule has 0 aliphatic carbocycles. The summed E-state index contributed by atoms with van der Waals surface area (Å²) >= 11 is 1.30. The van der Waals surface area contributed by atoms with Crippen LogP contribution in [0.2, 0.25) is 0 Å². The normalized spacial score (nSPS) is 14.3. The predicted molar refractivity (Wildman–Crippen MR) is 116 cm³/mol. The fourth-order valence-electron chi connectivity index (χ4n) is 3.46. The number of anilines is 1. The number of thiazole rings is 1. The summed E-state index contributed by atoms with van der Waals surface area (Å²) in [5.74, 6) is 0.270. The molecule has 0 radical (unpaired) electrons. The minimum Gasteiger partial charge on any atom is -0.347 e. The average molecular weight is 446 g/mol. The van der Waals surface area contributed by atoms with Gasteiger partial charge in [-0.3, -0.25) is 9.52 Å². The molecule has 1 N–H and O–H groups in total. The van der Waals surface area contributed by atoms with Gasteiger partial charge in [-0.25, -0.2) is 18.4 Å². The van der Waals surface area contributed by atoms with Crippen molar-refractivity contribution in [2.45, 2.75) is 31.6 Å². The second-order valence-corrected chi connectivity index (χ2v) is 10.1. The number of rotatable bonds is 5. The zero-order valence-electron chi connectivity index (χ0n) is 17.0. The highest BCUT2D eigenvalue weighted by Gasteiger charge is 2.26. The highest BCUT2D eigenvalue weighted by molar-refractivity contribution is 7.92. The van der Waals surface area contributed by atoms with Crippen molar-refractivity contribution in [3.63, 3.8) is 0 Å². The van der Waals surface area contributed by atoms with E-state index in [2.05, 4.69) is 14.7 Å². The van der Waals surface area contributed by atoms with Crippen LogP contribution >= 0.6 is 11.3 Å². The number of nitrogens with zero attached hydrogens (tertiary/aromatic N) is 4. The van der Waals surface area contributed by atoms with Gasteiger partial charge in [0.15, 0.2) is 0 Å². The van der Waals surface area contributed by atoms with Crippen molar-refractivity contribution in [3.8, 4) is 10.7 Å². The van der Waals surface area contributed by atoms with Gasteiger partial charge in [0.25, 0.3) is 15.9 Å². The summed E-state index contributed by atoms with van der Waals surface area (Å²) in [5.41, 5.74) is 2.03. The van der Waals surface area contributed by atoms with E-state index >= 15 is 0 Å². The van der Waals surface area contributed by atoms with Gasteiger partial charge in [0.05, 0.1) is 11.4 Å². The number of carbonyl (C=O) groups is 1. The molecule has 1 aliphatic heterocycles. The van der Waals surface area contributed by atoms with Crippen LogP contribution in [0.15, 0.2) is 35.4 Å². The summed E-state index contributed by atoms with van der Waals surface area (Å²) in [7, 11) is -2.04. The van der Waals surface area contributed by atoms with E-state index in [1.807, 2.05) is 11.8 Å². The molecule has 158 valence electrons. The number of sulfonamides is 1. The molecule has 0 aromatic carbocycles. The van der Waals surface area contributed by atoms with Crippen LogP contribution in [0.3, 0.4) is 0 Å². The van der Waals surface area contributed by atoms with E-state index in [1.54, 1.807) is 42.8 Å². The third kappa shape index (κ3) is 3.97. The molecule has 1 saturated heterocycles. The van der Waals surface area contributed by atoms with Crippen molar-refractivity contribution >= 4 is 33.1 Å².